The van der Waals surface area contributed by atoms with Crippen molar-refractivity contribution in [1.82, 2.24) is 5.32 Å². The lowest BCUT2D eigenvalue weighted by Crippen LogP contribution is -2.34. The molecule has 0 aromatic heterocycles. The minimum absolute atomic E-state index is 0.234. The monoisotopic (exact) mass is 260 g/mol. The van der Waals surface area contributed by atoms with Crippen molar-refractivity contribution >= 4 is 0 Å². The molecular weight excluding hydrogens is 239 g/mol. The second-order valence-corrected chi connectivity index (χ2v) is 5.49. The molecule has 1 aromatic rings. The Labute approximate surface area is 114 Å². The highest BCUT2D eigenvalue weighted by molar-refractivity contribution is 5.33. The average molecular weight is 260 g/mol. The summed E-state index contributed by atoms with van der Waals surface area (Å²) in [4.78, 5) is 0. The van der Waals surface area contributed by atoms with Gasteiger partial charge < -0.3 is 5.32 Å². The van der Waals surface area contributed by atoms with E-state index in [2.05, 4.69) is 18.3 Å². The van der Waals surface area contributed by atoms with Crippen LogP contribution >= 0.6 is 0 Å². The predicted molar refractivity (Wildman–Crippen MR) is 74.0 cm³/mol. The summed E-state index contributed by atoms with van der Waals surface area (Å²) in [7, 11) is 0. The summed E-state index contributed by atoms with van der Waals surface area (Å²) in [6.07, 6.45) is 6.52. The summed E-state index contributed by atoms with van der Waals surface area (Å²) in [6, 6.07) is 6.99. The maximum atomic E-state index is 13.6. The molecule has 0 unspecified atom stereocenters. The van der Waals surface area contributed by atoms with Gasteiger partial charge in [0.15, 0.2) is 0 Å². The van der Waals surface area contributed by atoms with E-state index < -0.39 is 0 Å². The normalized spacial score (nSPS) is 17.9. The molecule has 1 atom stereocenters. The molecule has 0 saturated heterocycles. The van der Waals surface area contributed by atoms with Gasteiger partial charge in [0.1, 0.15) is 5.82 Å². The first-order chi connectivity index (χ1) is 9.20. The van der Waals surface area contributed by atoms with E-state index in [9.17, 15) is 4.39 Å². The van der Waals surface area contributed by atoms with Crippen molar-refractivity contribution in [3.63, 3.8) is 0 Å². The first kappa shape index (κ1) is 14.0. The maximum Gasteiger partial charge on any atom is 0.127 e. The Bertz CT molecular complexity index is 458. The molecule has 0 amide bonds. The Balaban J connectivity index is 1.92. The molecular formula is C16H21FN2. The van der Waals surface area contributed by atoms with Crippen molar-refractivity contribution in [3.8, 4) is 6.07 Å². The van der Waals surface area contributed by atoms with Crippen LogP contribution in [0.5, 0.6) is 0 Å². The summed E-state index contributed by atoms with van der Waals surface area (Å²) >= 11 is 0. The molecule has 2 nitrogen and oxygen atoms in total. The topological polar surface area (TPSA) is 35.8 Å². The van der Waals surface area contributed by atoms with Crippen LogP contribution in [-0.2, 0) is 6.54 Å². The first-order valence-electron chi connectivity index (χ1n) is 7.12. The fraction of sp³-hybridized carbons (Fsp3) is 0.562. The van der Waals surface area contributed by atoms with Crippen LogP contribution in [0.3, 0.4) is 0 Å². The SMILES string of the molecule is C[C@@H](NCc1cc(C#N)ccc1F)C1CCCCC1. The zero-order valence-electron chi connectivity index (χ0n) is 11.5. The number of benzene rings is 1. The lowest BCUT2D eigenvalue weighted by atomic mass is 9.84. The minimum atomic E-state index is -0.234. The third-order valence-electron chi connectivity index (χ3n) is 4.15. The van der Waals surface area contributed by atoms with Crippen molar-refractivity contribution in [2.75, 3.05) is 0 Å². The quantitative estimate of drug-likeness (QED) is 0.894. The molecule has 0 spiro atoms. The number of nitrogens with one attached hydrogen (secondary N) is 1. The highest BCUT2D eigenvalue weighted by Gasteiger charge is 2.19. The number of rotatable bonds is 4. The lowest BCUT2D eigenvalue weighted by Gasteiger charge is -2.28. The van der Waals surface area contributed by atoms with E-state index in [0.29, 0.717) is 29.6 Å². The lowest BCUT2D eigenvalue weighted by molar-refractivity contribution is 0.280. The van der Waals surface area contributed by atoms with Gasteiger partial charge in [-0.15, -0.1) is 0 Å². The van der Waals surface area contributed by atoms with Crippen LogP contribution in [0.4, 0.5) is 4.39 Å². The number of hydrogen-bond donors (Lipinski definition) is 1. The van der Waals surface area contributed by atoms with Gasteiger partial charge in [0.05, 0.1) is 11.6 Å². The Morgan fingerprint density at radius 1 is 1.37 bits per heavy atom. The van der Waals surface area contributed by atoms with Crippen molar-refractivity contribution in [2.24, 2.45) is 5.92 Å². The third-order valence-corrected chi connectivity index (χ3v) is 4.15. The number of nitriles is 1. The maximum absolute atomic E-state index is 13.6. The first-order valence-corrected chi connectivity index (χ1v) is 7.12. The van der Waals surface area contributed by atoms with Crippen molar-refractivity contribution in [3.05, 3.63) is 35.1 Å². The van der Waals surface area contributed by atoms with Crippen LogP contribution in [0.1, 0.15) is 50.2 Å². The Morgan fingerprint density at radius 3 is 2.79 bits per heavy atom. The van der Waals surface area contributed by atoms with E-state index in [4.69, 9.17) is 5.26 Å². The molecule has 1 aliphatic carbocycles. The summed E-state index contributed by atoms with van der Waals surface area (Å²) in [5.41, 5.74) is 1.10. The zero-order chi connectivity index (χ0) is 13.7. The summed E-state index contributed by atoms with van der Waals surface area (Å²) < 4.78 is 13.6. The summed E-state index contributed by atoms with van der Waals surface area (Å²) in [5.74, 6) is 0.471. The van der Waals surface area contributed by atoms with E-state index >= 15 is 0 Å². The van der Waals surface area contributed by atoms with Gasteiger partial charge in [0.2, 0.25) is 0 Å². The fourth-order valence-electron chi connectivity index (χ4n) is 2.85. The van der Waals surface area contributed by atoms with Gasteiger partial charge in [-0.05, 0) is 43.9 Å². The highest BCUT2D eigenvalue weighted by Crippen LogP contribution is 2.26. The van der Waals surface area contributed by atoms with Gasteiger partial charge in [0.25, 0.3) is 0 Å². The molecule has 19 heavy (non-hydrogen) atoms. The van der Waals surface area contributed by atoms with Crippen molar-refractivity contribution in [1.29, 1.82) is 5.26 Å². The molecule has 1 aromatic carbocycles. The largest absolute Gasteiger partial charge is 0.310 e. The predicted octanol–water partition coefficient (Wildman–Crippen LogP) is 3.76. The van der Waals surface area contributed by atoms with Gasteiger partial charge in [0, 0.05) is 18.2 Å². The summed E-state index contributed by atoms with van der Waals surface area (Å²) in [5, 5.41) is 12.3. The van der Waals surface area contributed by atoms with Gasteiger partial charge in [-0.3, -0.25) is 0 Å². The van der Waals surface area contributed by atoms with E-state index in [1.165, 1.54) is 44.2 Å². The van der Waals surface area contributed by atoms with Gasteiger partial charge in [-0.1, -0.05) is 19.3 Å². The number of halogens is 1. The van der Waals surface area contributed by atoms with E-state index in [1.54, 1.807) is 6.07 Å². The van der Waals surface area contributed by atoms with Gasteiger partial charge in [-0.25, -0.2) is 4.39 Å². The average Bonchev–Trinajstić information content (AvgIpc) is 2.47. The molecule has 0 radical (unpaired) electrons. The van der Waals surface area contributed by atoms with Gasteiger partial charge in [-0.2, -0.15) is 5.26 Å². The molecule has 1 N–H and O–H groups in total. The van der Waals surface area contributed by atoms with Crippen molar-refractivity contribution in [2.45, 2.75) is 51.6 Å². The highest BCUT2D eigenvalue weighted by atomic mass is 19.1. The molecule has 2 rings (SSSR count). The molecule has 1 fully saturated rings. The number of hydrogen-bond acceptors (Lipinski definition) is 2. The molecule has 0 heterocycles. The fourth-order valence-corrected chi connectivity index (χ4v) is 2.85. The standard InChI is InChI=1S/C16H21FN2/c1-12(14-5-3-2-4-6-14)19-11-15-9-13(10-18)7-8-16(15)17/h7-9,12,14,19H,2-6,11H2,1H3/t12-/m1/s1. The Hall–Kier alpha value is -1.40. The second kappa shape index (κ2) is 6.68. The summed E-state index contributed by atoms with van der Waals surface area (Å²) in [6.45, 7) is 2.68. The molecule has 1 aliphatic rings. The van der Waals surface area contributed by atoms with Crippen molar-refractivity contribution < 1.29 is 4.39 Å². The molecule has 3 heteroatoms. The molecule has 0 bridgehead atoms. The van der Waals surface area contributed by atoms with Crippen LogP contribution in [0.2, 0.25) is 0 Å². The van der Waals surface area contributed by atoms with Crippen LogP contribution < -0.4 is 5.32 Å². The smallest absolute Gasteiger partial charge is 0.127 e. The van der Waals surface area contributed by atoms with Crippen LogP contribution in [0.15, 0.2) is 18.2 Å². The zero-order valence-corrected chi connectivity index (χ0v) is 11.5. The van der Waals surface area contributed by atoms with E-state index in [-0.39, 0.29) is 5.82 Å². The van der Waals surface area contributed by atoms with E-state index in [1.807, 2.05) is 0 Å². The van der Waals surface area contributed by atoms with Crippen LogP contribution in [-0.4, -0.2) is 6.04 Å². The minimum Gasteiger partial charge on any atom is -0.310 e. The molecule has 1 saturated carbocycles. The van der Waals surface area contributed by atoms with Crippen LogP contribution in [0, 0.1) is 23.1 Å². The molecule has 0 aliphatic heterocycles. The van der Waals surface area contributed by atoms with Gasteiger partial charge >= 0.3 is 0 Å². The Morgan fingerprint density at radius 2 is 2.11 bits per heavy atom. The van der Waals surface area contributed by atoms with Crippen LogP contribution in [0.25, 0.3) is 0 Å². The third kappa shape index (κ3) is 3.78. The Kier molecular flexibility index (Phi) is 4.93. The van der Waals surface area contributed by atoms with E-state index in [0.717, 1.165) is 0 Å². The number of nitrogens with zero attached hydrogens (tertiary/aromatic N) is 1. The molecule has 102 valence electrons. The second-order valence-electron chi connectivity index (χ2n) is 5.49.